The van der Waals surface area contributed by atoms with E-state index >= 15 is 0 Å². The zero-order valence-electron chi connectivity index (χ0n) is 17.3. The van der Waals surface area contributed by atoms with Crippen molar-refractivity contribution >= 4 is 5.96 Å². The molecule has 0 bridgehead atoms. The van der Waals surface area contributed by atoms with Gasteiger partial charge in [0.25, 0.3) is 0 Å². The van der Waals surface area contributed by atoms with Gasteiger partial charge in [-0.2, -0.15) is 0 Å². The molecule has 1 aliphatic heterocycles. The third-order valence-corrected chi connectivity index (χ3v) is 4.91. The van der Waals surface area contributed by atoms with Crippen molar-refractivity contribution in [1.82, 2.24) is 20.4 Å². The van der Waals surface area contributed by atoms with Crippen molar-refractivity contribution in [3.8, 4) is 0 Å². The molecule has 1 heterocycles. The molecule has 1 aliphatic rings. The Hall–Kier alpha value is -0.810. The van der Waals surface area contributed by atoms with Crippen LogP contribution in [0.15, 0.2) is 4.99 Å². The summed E-state index contributed by atoms with van der Waals surface area (Å²) in [4.78, 5) is 9.85. The molecule has 0 radical (unpaired) electrons. The standard InChI is InChI=1S/C20H43N5/c1-5-21-20(22-12-8-7-11-19(3)4)23-13-9-10-14-25-17-15-24(6-2)16-18-25/h19H,5-18H2,1-4H3,(H2,21,22,23). The summed E-state index contributed by atoms with van der Waals surface area (Å²) in [5.74, 6) is 1.80. The van der Waals surface area contributed by atoms with Crippen LogP contribution in [0.4, 0.5) is 0 Å². The van der Waals surface area contributed by atoms with Gasteiger partial charge in [-0.1, -0.05) is 33.6 Å². The maximum Gasteiger partial charge on any atom is 0.191 e. The summed E-state index contributed by atoms with van der Waals surface area (Å²) in [5.41, 5.74) is 0. The number of piperazine rings is 1. The van der Waals surface area contributed by atoms with Gasteiger partial charge >= 0.3 is 0 Å². The van der Waals surface area contributed by atoms with Gasteiger partial charge in [0.2, 0.25) is 0 Å². The highest BCUT2D eigenvalue weighted by atomic mass is 15.3. The lowest BCUT2D eigenvalue weighted by atomic mass is 10.1. The zero-order chi connectivity index (χ0) is 18.3. The molecular formula is C20H43N5. The Morgan fingerprint density at radius 2 is 1.64 bits per heavy atom. The summed E-state index contributed by atoms with van der Waals surface area (Å²) in [6.07, 6.45) is 6.27. The molecule has 0 aromatic heterocycles. The Morgan fingerprint density at radius 3 is 2.28 bits per heavy atom. The highest BCUT2D eigenvalue weighted by Gasteiger charge is 2.14. The van der Waals surface area contributed by atoms with Crippen LogP contribution in [0.3, 0.4) is 0 Å². The van der Waals surface area contributed by atoms with E-state index in [-0.39, 0.29) is 0 Å². The number of hydrogen-bond acceptors (Lipinski definition) is 3. The Kier molecular flexibility index (Phi) is 12.8. The summed E-state index contributed by atoms with van der Waals surface area (Å²) in [5, 5.41) is 6.84. The second-order valence-corrected chi connectivity index (χ2v) is 7.56. The smallest absolute Gasteiger partial charge is 0.191 e. The summed E-state index contributed by atoms with van der Waals surface area (Å²) in [7, 11) is 0. The molecule has 0 unspecified atom stereocenters. The number of likely N-dealkylation sites (N-methyl/N-ethyl adjacent to an activating group) is 1. The molecule has 0 amide bonds. The van der Waals surface area contributed by atoms with Gasteiger partial charge in [0, 0.05) is 45.8 Å². The molecule has 0 atom stereocenters. The number of hydrogen-bond donors (Lipinski definition) is 2. The molecule has 1 saturated heterocycles. The van der Waals surface area contributed by atoms with E-state index < -0.39 is 0 Å². The third kappa shape index (κ3) is 11.4. The molecule has 5 heteroatoms. The Morgan fingerprint density at radius 1 is 0.920 bits per heavy atom. The summed E-state index contributed by atoms with van der Waals surface area (Å²) < 4.78 is 0. The Bertz CT molecular complexity index is 335. The monoisotopic (exact) mass is 353 g/mol. The van der Waals surface area contributed by atoms with Gasteiger partial charge in [0.05, 0.1) is 0 Å². The molecule has 2 N–H and O–H groups in total. The average Bonchev–Trinajstić information content (AvgIpc) is 2.61. The first-order valence-electron chi connectivity index (χ1n) is 10.6. The number of aliphatic imine (C=N–C) groups is 1. The maximum absolute atomic E-state index is 4.69. The van der Waals surface area contributed by atoms with Crippen molar-refractivity contribution in [2.24, 2.45) is 10.9 Å². The van der Waals surface area contributed by atoms with Crippen LogP contribution in [0.5, 0.6) is 0 Å². The molecule has 148 valence electrons. The molecular weight excluding hydrogens is 310 g/mol. The third-order valence-electron chi connectivity index (χ3n) is 4.91. The van der Waals surface area contributed by atoms with Crippen LogP contribution < -0.4 is 10.6 Å². The zero-order valence-corrected chi connectivity index (χ0v) is 17.3. The van der Waals surface area contributed by atoms with Gasteiger partial charge in [0.15, 0.2) is 5.96 Å². The molecule has 5 nitrogen and oxygen atoms in total. The molecule has 0 spiro atoms. The minimum absolute atomic E-state index is 0.806. The molecule has 1 fully saturated rings. The lowest BCUT2D eigenvalue weighted by molar-refractivity contribution is 0.136. The highest BCUT2D eigenvalue weighted by molar-refractivity contribution is 5.79. The summed E-state index contributed by atoms with van der Waals surface area (Å²) >= 11 is 0. The first-order chi connectivity index (χ1) is 12.2. The maximum atomic E-state index is 4.69. The van der Waals surface area contributed by atoms with Gasteiger partial charge in [0.1, 0.15) is 0 Å². The van der Waals surface area contributed by atoms with E-state index in [9.17, 15) is 0 Å². The minimum atomic E-state index is 0.806. The second-order valence-electron chi connectivity index (χ2n) is 7.56. The molecule has 0 aromatic carbocycles. The van der Waals surface area contributed by atoms with Crippen LogP contribution >= 0.6 is 0 Å². The molecule has 0 saturated carbocycles. The van der Waals surface area contributed by atoms with Crippen molar-refractivity contribution in [2.75, 3.05) is 58.9 Å². The average molecular weight is 354 g/mol. The quantitative estimate of drug-likeness (QED) is 0.322. The van der Waals surface area contributed by atoms with Crippen LogP contribution in [0.2, 0.25) is 0 Å². The predicted octanol–water partition coefficient (Wildman–Crippen LogP) is 2.79. The van der Waals surface area contributed by atoms with Gasteiger partial charge < -0.3 is 20.4 Å². The number of nitrogens with zero attached hydrogens (tertiary/aromatic N) is 3. The van der Waals surface area contributed by atoms with E-state index in [2.05, 4.69) is 48.1 Å². The normalized spacial score (nSPS) is 17.2. The van der Waals surface area contributed by atoms with E-state index in [0.717, 1.165) is 31.5 Å². The summed E-state index contributed by atoms with van der Waals surface area (Å²) in [6.45, 7) is 19.2. The highest BCUT2D eigenvalue weighted by Crippen LogP contribution is 2.06. The number of unbranched alkanes of at least 4 members (excludes halogenated alkanes) is 2. The van der Waals surface area contributed by atoms with Crippen LogP contribution in [0.1, 0.15) is 59.8 Å². The van der Waals surface area contributed by atoms with Crippen molar-refractivity contribution in [3.05, 3.63) is 0 Å². The van der Waals surface area contributed by atoms with E-state index in [1.807, 2.05) is 0 Å². The van der Waals surface area contributed by atoms with Crippen LogP contribution in [-0.2, 0) is 0 Å². The van der Waals surface area contributed by atoms with Crippen LogP contribution in [0, 0.1) is 5.92 Å². The fourth-order valence-corrected chi connectivity index (χ4v) is 3.19. The predicted molar refractivity (Wildman–Crippen MR) is 110 cm³/mol. The van der Waals surface area contributed by atoms with Crippen LogP contribution in [-0.4, -0.2) is 74.7 Å². The molecule has 25 heavy (non-hydrogen) atoms. The number of guanidine groups is 1. The van der Waals surface area contributed by atoms with Gasteiger partial charge in [-0.05, 0) is 45.2 Å². The number of nitrogens with one attached hydrogen (secondary N) is 2. The largest absolute Gasteiger partial charge is 0.357 e. The molecule has 0 aliphatic carbocycles. The van der Waals surface area contributed by atoms with Gasteiger partial charge in [-0.3, -0.25) is 4.99 Å². The fraction of sp³-hybridized carbons (Fsp3) is 0.950. The van der Waals surface area contributed by atoms with E-state index in [0.29, 0.717) is 0 Å². The van der Waals surface area contributed by atoms with E-state index in [4.69, 9.17) is 4.99 Å². The van der Waals surface area contributed by atoms with Gasteiger partial charge in [-0.15, -0.1) is 0 Å². The molecule has 0 aromatic rings. The van der Waals surface area contributed by atoms with E-state index in [1.54, 1.807) is 0 Å². The van der Waals surface area contributed by atoms with Crippen molar-refractivity contribution in [2.45, 2.75) is 59.8 Å². The van der Waals surface area contributed by atoms with Crippen molar-refractivity contribution < 1.29 is 0 Å². The SMILES string of the molecule is CCNC(=NCCCCC(C)C)NCCCCN1CCN(CC)CC1. The Labute approximate surface area is 156 Å². The lowest BCUT2D eigenvalue weighted by Crippen LogP contribution is -2.46. The topological polar surface area (TPSA) is 42.9 Å². The van der Waals surface area contributed by atoms with Crippen molar-refractivity contribution in [1.29, 1.82) is 0 Å². The van der Waals surface area contributed by atoms with Gasteiger partial charge in [-0.25, -0.2) is 0 Å². The van der Waals surface area contributed by atoms with Crippen molar-refractivity contribution in [3.63, 3.8) is 0 Å². The molecule has 1 rings (SSSR count). The first-order valence-corrected chi connectivity index (χ1v) is 10.6. The number of rotatable bonds is 12. The van der Waals surface area contributed by atoms with E-state index in [1.165, 1.54) is 71.4 Å². The minimum Gasteiger partial charge on any atom is -0.357 e. The van der Waals surface area contributed by atoms with Crippen LogP contribution in [0.25, 0.3) is 0 Å². The lowest BCUT2D eigenvalue weighted by Gasteiger charge is -2.34. The Balaban J connectivity index is 2.08. The fourth-order valence-electron chi connectivity index (χ4n) is 3.19. The second kappa shape index (κ2) is 14.4. The first kappa shape index (κ1) is 22.2. The summed E-state index contributed by atoms with van der Waals surface area (Å²) in [6, 6.07) is 0.